The minimum absolute atomic E-state index is 0.138. The molecule has 2 N–H and O–H groups in total. The maximum absolute atomic E-state index is 12.3. The van der Waals surface area contributed by atoms with Gasteiger partial charge in [0.2, 0.25) is 0 Å². The van der Waals surface area contributed by atoms with Crippen LogP contribution in [-0.2, 0) is 0 Å². The quantitative estimate of drug-likeness (QED) is 0.579. The van der Waals surface area contributed by atoms with Crippen molar-refractivity contribution >= 4 is 34.6 Å². The molecule has 0 fully saturated rings. The summed E-state index contributed by atoms with van der Waals surface area (Å²) in [6.45, 7) is 0. The van der Waals surface area contributed by atoms with Crippen molar-refractivity contribution in [2.45, 2.75) is 0 Å². The molecule has 0 aliphatic rings. The normalized spacial score (nSPS) is 11.1. The molecule has 0 aliphatic heterocycles. The number of nitrogens with one attached hydrogen (secondary N) is 2. The molecule has 2 aromatic heterocycles. The van der Waals surface area contributed by atoms with Gasteiger partial charge in [-0.3, -0.25) is 14.9 Å². The molecule has 5 nitrogen and oxygen atoms in total. The molecule has 0 aliphatic carbocycles. The summed E-state index contributed by atoms with van der Waals surface area (Å²) in [5.41, 5.74) is 4.06. The van der Waals surface area contributed by atoms with E-state index in [-0.39, 0.29) is 5.91 Å². The lowest BCUT2D eigenvalue weighted by atomic mass is 10.1. The fraction of sp³-hybridized carbons (Fsp3) is 0. The van der Waals surface area contributed by atoms with E-state index in [0.29, 0.717) is 5.56 Å². The van der Waals surface area contributed by atoms with Gasteiger partial charge in [-0.2, -0.15) is 5.10 Å². The first-order valence-electron chi connectivity index (χ1n) is 8.22. The van der Waals surface area contributed by atoms with Crippen molar-refractivity contribution in [1.82, 2.24) is 15.2 Å². The molecule has 2 aromatic carbocycles. The van der Waals surface area contributed by atoms with Crippen LogP contribution >= 0.6 is 0 Å². The highest BCUT2D eigenvalue weighted by atomic mass is 16.1. The molecule has 0 saturated heterocycles. The van der Waals surface area contributed by atoms with Gasteiger partial charge in [0, 0.05) is 29.0 Å². The Labute approximate surface area is 150 Å². The number of anilines is 1. The van der Waals surface area contributed by atoms with Crippen molar-refractivity contribution in [2.24, 2.45) is 0 Å². The number of aromatic nitrogens is 3. The summed E-state index contributed by atoms with van der Waals surface area (Å²) in [6.07, 6.45) is 7.41. The molecule has 5 heteroatoms. The Kier molecular flexibility index (Phi) is 4.26. The van der Waals surface area contributed by atoms with Crippen molar-refractivity contribution in [3.8, 4) is 0 Å². The summed E-state index contributed by atoms with van der Waals surface area (Å²) >= 11 is 0. The van der Waals surface area contributed by atoms with E-state index in [4.69, 9.17) is 0 Å². The van der Waals surface area contributed by atoms with Crippen molar-refractivity contribution < 1.29 is 4.79 Å². The second kappa shape index (κ2) is 7.03. The Bertz CT molecular complexity index is 1070. The third-order valence-electron chi connectivity index (χ3n) is 4.00. The van der Waals surface area contributed by atoms with E-state index in [9.17, 15) is 4.79 Å². The number of H-pyrrole nitrogens is 1. The van der Waals surface area contributed by atoms with E-state index in [1.54, 1.807) is 24.5 Å². The van der Waals surface area contributed by atoms with E-state index in [0.717, 1.165) is 27.8 Å². The van der Waals surface area contributed by atoms with Crippen LogP contribution in [0.2, 0.25) is 0 Å². The van der Waals surface area contributed by atoms with Crippen LogP contribution in [0.1, 0.15) is 21.6 Å². The number of hydrogen-bond donors (Lipinski definition) is 2. The van der Waals surface area contributed by atoms with Gasteiger partial charge in [0.25, 0.3) is 5.91 Å². The molecule has 0 saturated carbocycles. The number of rotatable bonds is 4. The zero-order valence-electron chi connectivity index (χ0n) is 13.9. The number of carbonyl (C=O) groups is 1. The minimum atomic E-state index is -0.138. The molecule has 0 spiro atoms. The number of hydrogen-bond acceptors (Lipinski definition) is 3. The largest absolute Gasteiger partial charge is 0.322 e. The lowest BCUT2D eigenvalue weighted by molar-refractivity contribution is 0.102. The Morgan fingerprint density at radius 1 is 1.00 bits per heavy atom. The highest BCUT2D eigenvalue weighted by Crippen LogP contribution is 2.22. The monoisotopic (exact) mass is 340 g/mol. The van der Waals surface area contributed by atoms with Gasteiger partial charge in [0.15, 0.2) is 0 Å². The predicted octanol–water partition coefficient (Wildman–Crippen LogP) is 4.38. The van der Waals surface area contributed by atoms with Gasteiger partial charge in [-0.25, -0.2) is 0 Å². The van der Waals surface area contributed by atoms with Gasteiger partial charge in [0.1, 0.15) is 0 Å². The molecule has 1 amide bonds. The summed E-state index contributed by atoms with van der Waals surface area (Å²) in [5.74, 6) is -0.138. The van der Waals surface area contributed by atoms with E-state index < -0.39 is 0 Å². The zero-order valence-corrected chi connectivity index (χ0v) is 13.9. The van der Waals surface area contributed by atoms with Gasteiger partial charge in [0.05, 0.1) is 11.2 Å². The van der Waals surface area contributed by atoms with Gasteiger partial charge >= 0.3 is 0 Å². The highest BCUT2D eigenvalue weighted by molar-refractivity contribution is 6.05. The summed E-state index contributed by atoms with van der Waals surface area (Å²) < 4.78 is 0. The highest BCUT2D eigenvalue weighted by Gasteiger charge is 2.08. The average molecular weight is 340 g/mol. The first-order valence-corrected chi connectivity index (χ1v) is 8.22. The number of amides is 1. The van der Waals surface area contributed by atoms with E-state index in [1.807, 2.05) is 60.7 Å². The average Bonchev–Trinajstić information content (AvgIpc) is 3.10. The maximum Gasteiger partial charge on any atom is 0.255 e. The Morgan fingerprint density at radius 2 is 1.88 bits per heavy atom. The molecule has 0 atom stereocenters. The molecule has 0 radical (unpaired) electrons. The fourth-order valence-corrected chi connectivity index (χ4v) is 2.68. The molecule has 126 valence electrons. The molecule has 0 unspecified atom stereocenters. The number of benzene rings is 2. The Morgan fingerprint density at radius 3 is 2.69 bits per heavy atom. The van der Waals surface area contributed by atoms with Crippen molar-refractivity contribution in [3.05, 3.63) is 89.9 Å². The second-order valence-electron chi connectivity index (χ2n) is 5.81. The smallest absolute Gasteiger partial charge is 0.255 e. The number of pyridine rings is 1. The van der Waals surface area contributed by atoms with Crippen LogP contribution in [0, 0.1) is 0 Å². The second-order valence-corrected chi connectivity index (χ2v) is 5.81. The summed E-state index contributed by atoms with van der Waals surface area (Å²) in [6, 6.07) is 18.7. The maximum atomic E-state index is 12.3. The first-order chi connectivity index (χ1) is 12.8. The number of aromatic amines is 1. The molecule has 26 heavy (non-hydrogen) atoms. The third kappa shape index (κ3) is 3.37. The molecule has 2 heterocycles. The van der Waals surface area contributed by atoms with Gasteiger partial charge < -0.3 is 5.32 Å². The van der Waals surface area contributed by atoms with Crippen LogP contribution < -0.4 is 5.32 Å². The van der Waals surface area contributed by atoms with Crippen LogP contribution in [0.3, 0.4) is 0 Å². The van der Waals surface area contributed by atoms with Gasteiger partial charge in [-0.15, -0.1) is 0 Å². The van der Waals surface area contributed by atoms with E-state index >= 15 is 0 Å². The topological polar surface area (TPSA) is 70.7 Å². The van der Waals surface area contributed by atoms with Gasteiger partial charge in [-0.05, 0) is 48.0 Å². The van der Waals surface area contributed by atoms with Crippen LogP contribution in [0.5, 0.6) is 0 Å². The molecule has 0 bridgehead atoms. The Hall–Kier alpha value is -3.73. The fourth-order valence-electron chi connectivity index (χ4n) is 2.68. The lowest BCUT2D eigenvalue weighted by Crippen LogP contribution is -2.11. The Balaban J connectivity index is 1.60. The number of fused-ring (bicyclic) bond motifs is 1. The van der Waals surface area contributed by atoms with Crippen LogP contribution in [-0.4, -0.2) is 21.1 Å². The lowest BCUT2D eigenvalue weighted by Gasteiger charge is -2.05. The van der Waals surface area contributed by atoms with Crippen LogP contribution in [0.15, 0.2) is 73.1 Å². The SMILES string of the molecule is O=C(Nc1ccc2[nH]nc(C=Cc3cccnc3)c2c1)c1ccccc1. The predicted molar refractivity (Wildman–Crippen MR) is 104 cm³/mol. The van der Waals surface area contributed by atoms with E-state index in [2.05, 4.69) is 20.5 Å². The number of nitrogens with zero attached hydrogens (tertiary/aromatic N) is 2. The van der Waals surface area contributed by atoms with Crippen LogP contribution in [0.25, 0.3) is 23.1 Å². The first kappa shape index (κ1) is 15.8. The standard InChI is InChI=1S/C21H16N4O/c26-21(16-6-2-1-3-7-16)23-17-9-11-20-18(13-17)19(24-25-20)10-8-15-5-4-12-22-14-15/h1-14H,(H,23,26)(H,24,25). The molecular weight excluding hydrogens is 324 g/mol. The zero-order chi connectivity index (χ0) is 17.8. The van der Waals surface area contributed by atoms with Crippen molar-refractivity contribution in [1.29, 1.82) is 0 Å². The van der Waals surface area contributed by atoms with Crippen molar-refractivity contribution in [3.63, 3.8) is 0 Å². The molecule has 4 rings (SSSR count). The van der Waals surface area contributed by atoms with Gasteiger partial charge in [-0.1, -0.05) is 30.3 Å². The summed E-state index contributed by atoms with van der Waals surface area (Å²) in [7, 11) is 0. The molecule has 4 aromatic rings. The number of carbonyl (C=O) groups excluding carboxylic acids is 1. The third-order valence-corrected chi connectivity index (χ3v) is 4.00. The molecular formula is C21H16N4O. The van der Waals surface area contributed by atoms with Crippen LogP contribution in [0.4, 0.5) is 5.69 Å². The summed E-state index contributed by atoms with van der Waals surface area (Å²) in [5, 5.41) is 11.2. The minimum Gasteiger partial charge on any atom is -0.322 e. The summed E-state index contributed by atoms with van der Waals surface area (Å²) in [4.78, 5) is 16.4. The van der Waals surface area contributed by atoms with Crippen molar-refractivity contribution in [2.75, 3.05) is 5.32 Å². The van der Waals surface area contributed by atoms with E-state index in [1.165, 1.54) is 0 Å².